The van der Waals surface area contributed by atoms with Crippen LogP contribution in [-0.2, 0) is 0 Å². The number of aldehydes is 1. The Bertz CT molecular complexity index is 437. The molecular weight excluding hydrogens is 178 g/mol. The summed E-state index contributed by atoms with van der Waals surface area (Å²) >= 11 is 5.66. The molecule has 2 aromatic heterocycles. The first kappa shape index (κ1) is 7.24. The van der Waals surface area contributed by atoms with Crippen molar-refractivity contribution >= 4 is 23.4 Å². The van der Waals surface area contributed by atoms with Crippen molar-refractivity contribution in [3.8, 4) is 0 Å². The van der Waals surface area contributed by atoms with E-state index in [0.717, 1.165) is 0 Å². The maximum Gasteiger partial charge on any atom is 0.164 e. The lowest BCUT2D eigenvalue weighted by Crippen LogP contribution is -1.90. The van der Waals surface area contributed by atoms with Gasteiger partial charge in [0.25, 0.3) is 0 Å². The molecule has 0 aromatic carbocycles. The Hall–Kier alpha value is -1.42. The van der Waals surface area contributed by atoms with Crippen LogP contribution in [0.15, 0.2) is 18.3 Å². The summed E-state index contributed by atoms with van der Waals surface area (Å²) in [7, 11) is 0. The van der Waals surface area contributed by atoms with E-state index in [2.05, 4.69) is 10.2 Å². The molecule has 2 heterocycles. The molecule has 0 aliphatic rings. The molecule has 12 heavy (non-hydrogen) atoms. The molecule has 0 fully saturated rings. The highest BCUT2D eigenvalue weighted by atomic mass is 35.5. The van der Waals surface area contributed by atoms with Crippen molar-refractivity contribution in [2.75, 3.05) is 0 Å². The summed E-state index contributed by atoms with van der Waals surface area (Å²) in [5.74, 6) is 0. The molecule has 0 bridgehead atoms. The summed E-state index contributed by atoms with van der Waals surface area (Å²) in [6.45, 7) is 0. The van der Waals surface area contributed by atoms with Crippen molar-refractivity contribution in [3.05, 3.63) is 29.0 Å². The summed E-state index contributed by atoms with van der Waals surface area (Å²) in [6, 6.07) is 3.45. The van der Waals surface area contributed by atoms with E-state index in [0.29, 0.717) is 17.4 Å². The summed E-state index contributed by atoms with van der Waals surface area (Å²) in [5.41, 5.74) is 1.00. The van der Waals surface area contributed by atoms with Gasteiger partial charge in [-0.3, -0.25) is 4.79 Å². The maximum absolute atomic E-state index is 10.5. The van der Waals surface area contributed by atoms with Crippen molar-refractivity contribution in [3.63, 3.8) is 0 Å². The van der Waals surface area contributed by atoms with Crippen LogP contribution in [0.1, 0.15) is 10.4 Å². The maximum atomic E-state index is 10.5. The van der Waals surface area contributed by atoms with Crippen LogP contribution in [0.25, 0.3) is 5.52 Å². The second kappa shape index (κ2) is 2.57. The highest BCUT2D eigenvalue weighted by Crippen LogP contribution is 2.16. The van der Waals surface area contributed by atoms with E-state index in [-0.39, 0.29) is 5.15 Å². The van der Waals surface area contributed by atoms with Gasteiger partial charge in [0.1, 0.15) is 0 Å². The van der Waals surface area contributed by atoms with E-state index in [9.17, 15) is 4.79 Å². The number of halogens is 1. The number of nitrogens with zero attached hydrogens (tertiary/aromatic N) is 3. The predicted octanol–water partition coefficient (Wildman–Crippen LogP) is 1.20. The van der Waals surface area contributed by atoms with E-state index >= 15 is 0 Å². The first-order valence-corrected chi connectivity index (χ1v) is 3.65. The van der Waals surface area contributed by atoms with Crippen LogP contribution < -0.4 is 0 Å². The third-order valence-corrected chi connectivity index (χ3v) is 1.81. The summed E-state index contributed by atoms with van der Waals surface area (Å²) in [4.78, 5) is 10.5. The molecule has 0 unspecified atom stereocenters. The van der Waals surface area contributed by atoms with Crippen LogP contribution in [0.5, 0.6) is 0 Å². The topological polar surface area (TPSA) is 47.3 Å². The van der Waals surface area contributed by atoms with Gasteiger partial charge in [-0.05, 0) is 12.1 Å². The normalized spacial score (nSPS) is 10.4. The molecule has 0 saturated heterocycles. The van der Waals surface area contributed by atoms with Gasteiger partial charge < -0.3 is 0 Å². The molecule has 2 rings (SSSR count). The monoisotopic (exact) mass is 181 g/mol. The van der Waals surface area contributed by atoms with Gasteiger partial charge in [0.15, 0.2) is 11.4 Å². The summed E-state index contributed by atoms with van der Waals surface area (Å²) in [5, 5.41) is 7.88. The first-order chi connectivity index (χ1) is 5.83. The molecule has 0 aliphatic heterocycles. The molecule has 0 amide bonds. The fourth-order valence-electron chi connectivity index (χ4n) is 0.994. The molecule has 0 atom stereocenters. The fourth-order valence-corrected chi connectivity index (χ4v) is 1.21. The number of carbonyl (C=O) groups is 1. The first-order valence-electron chi connectivity index (χ1n) is 3.27. The van der Waals surface area contributed by atoms with E-state index in [1.54, 1.807) is 18.3 Å². The van der Waals surface area contributed by atoms with Crippen molar-refractivity contribution in [2.24, 2.45) is 0 Å². The van der Waals surface area contributed by atoms with Gasteiger partial charge in [-0.1, -0.05) is 11.6 Å². The van der Waals surface area contributed by atoms with Crippen LogP contribution >= 0.6 is 11.6 Å². The number of fused-ring (bicyclic) bond motifs is 1. The Balaban J connectivity index is 2.90. The molecule has 0 radical (unpaired) electrons. The fraction of sp³-hybridized carbons (Fsp3) is 0. The average Bonchev–Trinajstić information content (AvgIpc) is 2.40. The van der Waals surface area contributed by atoms with Crippen molar-refractivity contribution in [2.45, 2.75) is 0 Å². The second-order valence-corrected chi connectivity index (χ2v) is 2.58. The minimum atomic E-state index is 0.184. The number of hydrogen-bond donors (Lipinski definition) is 0. The van der Waals surface area contributed by atoms with E-state index in [4.69, 9.17) is 11.6 Å². The highest BCUT2D eigenvalue weighted by molar-refractivity contribution is 6.32. The van der Waals surface area contributed by atoms with Crippen molar-refractivity contribution < 1.29 is 4.79 Å². The standard InChI is InChI=1S/C7H4ClN3O/c8-7-5(4-12)6-2-1-3-9-11(6)10-7/h1-4H. The molecular formula is C7H4ClN3O. The Morgan fingerprint density at radius 1 is 1.58 bits per heavy atom. The molecule has 60 valence electrons. The van der Waals surface area contributed by atoms with Crippen LogP contribution in [0, 0.1) is 0 Å². The number of hydrogen-bond acceptors (Lipinski definition) is 3. The zero-order valence-corrected chi connectivity index (χ0v) is 6.69. The molecule has 4 nitrogen and oxygen atoms in total. The van der Waals surface area contributed by atoms with E-state index < -0.39 is 0 Å². The van der Waals surface area contributed by atoms with Gasteiger partial charge in [-0.2, -0.15) is 5.10 Å². The average molecular weight is 182 g/mol. The zero-order chi connectivity index (χ0) is 8.55. The van der Waals surface area contributed by atoms with Gasteiger partial charge in [-0.15, -0.1) is 9.73 Å². The van der Waals surface area contributed by atoms with Crippen molar-refractivity contribution in [1.29, 1.82) is 0 Å². The molecule has 5 heteroatoms. The smallest absolute Gasteiger partial charge is 0.164 e. The lowest BCUT2D eigenvalue weighted by molar-refractivity contribution is 0.112. The highest BCUT2D eigenvalue weighted by Gasteiger charge is 2.08. The van der Waals surface area contributed by atoms with Crippen LogP contribution in [0.2, 0.25) is 5.15 Å². The molecule has 0 saturated carbocycles. The van der Waals surface area contributed by atoms with Gasteiger partial charge in [0.05, 0.1) is 11.1 Å². The Kier molecular flexibility index (Phi) is 1.55. The van der Waals surface area contributed by atoms with Crippen LogP contribution in [-0.4, -0.2) is 21.1 Å². The minimum absolute atomic E-state index is 0.184. The SMILES string of the molecule is O=Cc1c(Cl)nn2ncccc12. The number of aromatic nitrogens is 3. The molecule has 0 spiro atoms. The summed E-state index contributed by atoms with van der Waals surface area (Å²) < 4.78 is 1.33. The third-order valence-electron chi connectivity index (χ3n) is 1.53. The van der Waals surface area contributed by atoms with Crippen LogP contribution in [0.3, 0.4) is 0 Å². The lowest BCUT2D eigenvalue weighted by Gasteiger charge is -1.87. The third kappa shape index (κ3) is 0.887. The van der Waals surface area contributed by atoms with Crippen LogP contribution in [0.4, 0.5) is 0 Å². The predicted molar refractivity (Wildman–Crippen MR) is 43.4 cm³/mol. The molecule has 0 N–H and O–H groups in total. The quantitative estimate of drug-likeness (QED) is 0.621. The van der Waals surface area contributed by atoms with E-state index in [1.165, 1.54) is 4.63 Å². The second-order valence-electron chi connectivity index (χ2n) is 2.22. The molecule has 2 aromatic rings. The summed E-state index contributed by atoms with van der Waals surface area (Å²) in [6.07, 6.45) is 2.25. The van der Waals surface area contributed by atoms with Gasteiger partial charge in [0.2, 0.25) is 0 Å². The Labute approximate surface area is 72.8 Å². The van der Waals surface area contributed by atoms with Gasteiger partial charge in [-0.25, -0.2) is 0 Å². The minimum Gasteiger partial charge on any atom is -0.298 e. The van der Waals surface area contributed by atoms with E-state index in [1.807, 2.05) is 0 Å². The Morgan fingerprint density at radius 3 is 3.17 bits per heavy atom. The van der Waals surface area contributed by atoms with Gasteiger partial charge >= 0.3 is 0 Å². The molecule has 0 aliphatic carbocycles. The number of rotatable bonds is 1. The lowest BCUT2D eigenvalue weighted by atomic mass is 10.3. The van der Waals surface area contributed by atoms with Gasteiger partial charge in [0, 0.05) is 6.20 Å². The Morgan fingerprint density at radius 2 is 2.42 bits per heavy atom. The zero-order valence-electron chi connectivity index (χ0n) is 5.94. The number of carbonyl (C=O) groups excluding carboxylic acids is 1. The largest absolute Gasteiger partial charge is 0.298 e. The van der Waals surface area contributed by atoms with Crippen molar-refractivity contribution in [1.82, 2.24) is 14.8 Å².